The number of hydrogen-bond donors (Lipinski definition) is 0. The summed E-state index contributed by atoms with van der Waals surface area (Å²) < 4.78 is 41.7. The van der Waals surface area contributed by atoms with Gasteiger partial charge in [0.05, 0.1) is 6.61 Å². The Bertz CT molecular complexity index is 1020. The maximum absolute atomic E-state index is 12.5. The van der Waals surface area contributed by atoms with E-state index < -0.39 is 15.7 Å². The summed E-state index contributed by atoms with van der Waals surface area (Å²) in [7, 11) is -3.91. The molecule has 3 rings (SSSR count). The van der Waals surface area contributed by atoms with Crippen LogP contribution in [0.4, 0.5) is 4.79 Å². The molecule has 1 heterocycles. The summed E-state index contributed by atoms with van der Waals surface area (Å²) in [6.45, 7) is 9.16. The molecule has 174 valence electrons. The van der Waals surface area contributed by atoms with Crippen molar-refractivity contribution < 1.29 is 26.9 Å². The van der Waals surface area contributed by atoms with Crippen molar-refractivity contribution in [3.8, 4) is 11.5 Å². The van der Waals surface area contributed by atoms with Gasteiger partial charge < -0.3 is 18.6 Å². The molecule has 1 fully saturated rings. The normalized spacial score (nSPS) is 15.3. The van der Waals surface area contributed by atoms with Gasteiger partial charge in [0.1, 0.15) is 22.0 Å². The van der Waals surface area contributed by atoms with Gasteiger partial charge in [0.15, 0.2) is 0 Å². The highest BCUT2D eigenvalue weighted by molar-refractivity contribution is 7.87. The Labute approximate surface area is 190 Å². The zero-order valence-electron chi connectivity index (χ0n) is 19.0. The summed E-state index contributed by atoms with van der Waals surface area (Å²) in [5, 5.41) is 0. The molecular formula is C24H31NO6S. The summed E-state index contributed by atoms with van der Waals surface area (Å²) in [5.74, 6) is 1.06. The molecular weight excluding hydrogens is 430 g/mol. The van der Waals surface area contributed by atoms with E-state index in [1.807, 2.05) is 33.8 Å². The predicted molar refractivity (Wildman–Crippen MR) is 121 cm³/mol. The zero-order chi connectivity index (χ0) is 23.4. The Morgan fingerprint density at radius 3 is 2.28 bits per heavy atom. The van der Waals surface area contributed by atoms with E-state index in [-0.39, 0.29) is 16.7 Å². The maximum atomic E-state index is 12.5. The first-order valence-electron chi connectivity index (χ1n) is 10.7. The third-order valence-corrected chi connectivity index (χ3v) is 6.28. The number of hydrogen-bond acceptors (Lipinski definition) is 6. The highest BCUT2D eigenvalue weighted by atomic mass is 32.2. The van der Waals surface area contributed by atoms with Gasteiger partial charge in [0, 0.05) is 19.2 Å². The van der Waals surface area contributed by atoms with E-state index in [2.05, 4.69) is 0 Å². The number of ether oxygens (including phenoxy) is 2. The molecule has 0 atom stereocenters. The van der Waals surface area contributed by atoms with Crippen LogP contribution in [0.15, 0.2) is 53.4 Å². The van der Waals surface area contributed by atoms with E-state index in [0.29, 0.717) is 31.4 Å². The van der Waals surface area contributed by atoms with Crippen LogP contribution in [0, 0.1) is 12.8 Å². The Balaban J connectivity index is 1.55. The molecule has 0 aromatic heterocycles. The number of benzene rings is 2. The van der Waals surface area contributed by atoms with Crippen LogP contribution in [0.25, 0.3) is 0 Å². The fourth-order valence-electron chi connectivity index (χ4n) is 3.43. The number of piperidine rings is 1. The average Bonchev–Trinajstić information content (AvgIpc) is 2.71. The van der Waals surface area contributed by atoms with E-state index in [9.17, 15) is 13.2 Å². The third-order valence-electron chi connectivity index (χ3n) is 5.01. The number of rotatable bonds is 6. The number of carbonyl (C=O) groups excluding carboxylic acids is 1. The second-order valence-corrected chi connectivity index (χ2v) is 10.6. The lowest BCUT2D eigenvalue weighted by Crippen LogP contribution is -2.42. The molecule has 1 aliphatic heterocycles. The van der Waals surface area contributed by atoms with Crippen molar-refractivity contribution in [2.24, 2.45) is 5.92 Å². The first-order chi connectivity index (χ1) is 15.0. The number of carbonyl (C=O) groups is 1. The zero-order valence-corrected chi connectivity index (χ0v) is 19.9. The third kappa shape index (κ3) is 6.88. The second-order valence-electron chi connectivity index (χ2n) is 9.05. The van der Waals surface area contributed by atoms with Gasteiger partial charge in [-0.3, -0.25) is 0 Å². The number of likely N-dealkylation sites (tertiary alicyclic amines) is 1. The minimum atomic E-state index is -3.91. The molecule has 7 nitrogen and oxygen atoms in total. The molecule has 0 saturated carbocycles. The molecule has 32 heavy (non-hydrogen) atoms. The van der Waals surface area contributed by atoms with Crippen LogP contribution < -0.4 is 8.92 Å². The summed E-state index contributed by atoms with van der Waals surface area (Å²) in [6.07, 6.45) is 1.35. The fraction of sp³-hybridized carbons (Fsp3) is 0.458. The Morgan fingerprint density at radius 1 is 1.03 bits per heavy atom. The Morgan fingerprint density at radius 2 is 1.66 bits per heavy atom. The smallest absolute Gasteiger partial charge is 0.410 e. The van der Waals surface area contributed by atoms with Crippen molar-refractivity contribution in [2.75, 3.05) is 19.7 Å². The fourth-order valence-corrected chi connectivity index (χ4v) is 4.37. The minimum absolute atomic E-state index is 0.0979. The molecule has 0 N–H and O–H groups in total. The van der Waals surface area contributed by atoms with Gasteiger partial charge in [-0.25, -0.2) is 4.79 Å². The van der Waals surface area contributed by atoms with E-state index in [1.54, 1.807) is 35.2 Å². The summed E-state index contributed by atoms with van der Waals surface area (Å²) >= 11 is 0. The van der Waals surface area contributed by atoms with Crippen LogP contribution in [0.5, 0.6) is 11.5 Å². The molecule has 2 aromatic rings. The molecule has 0 bridgehead atoms. The molecule has 8 heteroatoms. The molecule has 1 amide bonds. The van der Waals surface area contributed by atoms with Crippen molar-refractivity contribution in [3.63, 3.8) is 0 Å². The largest absolute Gasteiger partial charge is 0.493 e. The van der Waals surface area contributed by atoms with Crippen LogP contribution in [0.2, 0.25) is 0 Å². The van der Waals surface area contributed by atoms with E-state index in [4.69, 9.17) is 13.7 Å². The van der Waals surface area contributed by atoms with Crippen LogP contribution >= 0.6 is 0 Å². The topological polar surface area (TPSA) is 82.1 Å². The van der Waals surface area contributed by atoms with Gasteiger partial charge in [0.2, 0.25) is 0 Å². The lowest BCUT2D eigenvalue weighted by atomic mass is 9.98. The maximum Gasteiger partial charge on any atom is 0.410 e. The first-order valence-corrected chi connectivity index (χ1v) is 12.1. The van der Waals surface area contributed by atoms with Gasteiger partial charge in [-0.2, -0.15) is 8.42 Å². The summed E-state index contributed by atoms with van der Waals surface area (Å²) in [6, 6.07) is 13.1. The Hall–Kier alpha value is -2.74. The van der Waals surface area contributed by atoms with Crippen molar-refractivity contribution in [3.05, 3.63) is 54.1 Å². The quantitative estimate of drug-likeness (QED) is 0.576. The molecule has 2 aromatic carbocycles. The molecule has 0 spiro atoms. The number of amides is 1. The second kappa shape index (κ2) is 9.81. The summed E-state index contributed by atoms with van der Waals surface area (Å²) in [5.41, 5.74) is 0.330. The molecule has 0 aliphatic carbocycles. The average molecular weight is 462 g/mol. The van der Waals surface area contributed by atoms with Gasteiger partial charge in [-0.05, 0) is 76.3 Å². The van der Waals surface area contributed by atoms with Crippen molar-refractivity contribution in [1.29, 1.82) is 0 Å². The minimum Gasteiger partial charge on any atom is -0.493 e. The van der Waals surface area contributed by atoms with Crippen LogP contribution in [-0.4, -0.2) is 44.7 Å². The lowest BCUT2D eigenvalue weighted by Gasteiger charge is -2.33. The van der Waals surface area contributed by atoms with Crippen molar-refractivity contribution in [2.45, 2.75) is 51.0 Å². The van der Waals surface area contributed by atoms with Gasteiger partial charge in [0.25, 0.3) is 0 Å². The highest BCUT2D eigenvalue weighted by Crippen LogP contribution is 2.27. The SMILES string of the molecule is Cc1cc(OCC2CCN(C(=O)OC(C)(C)C)CC2)cc(OS(=O)(=O)c2ccccc2)c1. The van der Waals surface area contributed by atoms with Crippen LogP contribution in [-0.2, 0) is 14.9 Å². The van der Waals surface area contributed by atoms with Gasteiger partial charge in [-0.15, -0.1) is 0 Å². The van der Waals surface area contributed by atoms with Crippen LogP contribution in [0.1, 0.15) is 39.2 Å². The molecule has 1 saturated heterocycles. The van der Waals surface area contributed by atoms with Crippen molar-refractivity contribution in [1.82, 2.24) is 4.90 Å². The predicted octanol–water partition coefficient (Wildman–Crippen LogP) is 4.79. The van der Waals surface area contributed by atoms with E-state index in [0.717, 1.165) is 18.4 Å². The van der Waals surface area contributed by atoms with Crippen molar-refractivity contribution >= 4 is 16.2 Å². The monoisotopic (exact) mass is 461 g/mol. The number of nitrogens with zero attached hydrogens (tertiary/aromatic N) is 1. The van der Waals surface area contributed by atoms with Gasteiger partial charge in [-0.1, -0.05) is 18.2 Å². The van der Waals surface area contributed by atoms with Crippen LogP contribution in [0.3, 0.4) is 0 Å². The molecule has 1 aliphatic rings. The molecule has 0 unspecified atom stereocenters. The Kier molecular flexibility index (Phi) is 7.33. The van der Waals surface area contributed by atoms with E-state index >= 15 is 0 Å². The molecule has 0 radical (unpaired) electrons. The van der Waals surface area contributed by atoms with Gasteiger partial charge >= 0.3 is 16.2 Å². The van der Waals surface area contributed by atoms with E-state index in [1.165, 1.54) is 12.1 Å². The number of aryl methyl sites for hydroxylation is 1. The standard InChI is InChI=1S/C24H31NO6S/c1-18-14-20(16-21(15-18)31-32(27,28)22-8-6-5-7-9-22)29-17-19-10-12-25(13-11-19)23(26)30-24(2,3)4/h5-9,14-16,19H,10-13,17H2,1-4H3. The lowest BCUT2D eigenvalue weighted by molar-refractivity contribution is 0.0165. The highest BCUT2D eigenvalue weighted by Gasteiger charge is 2.27. The first kappa shape index (κ1) is 23.9. The summed E-state index contributed by atoms with van der Waals surface area (Å²) in [4.78, 5) is 14.0.